The first-order valence-electron chi connectivity index (χ1n) is 6.36. The molecule has 3 heterocycles. The van der Waals surface area contributed by atoms with E-state index in [0.29, 0.717) is 11.7 Å². The normalized spacial score (nSPS) is 19.3. The molecular weight excluding hydrogens is 228 g/mol. The molecule has 1 N–H and O–H groups in total. The van der Waals surface area contributed by atoms with Crippen molar-refractivity contribution in [3.05, 3.63) is 29.9 Å². The number of aromatic nitrogens is 3. The number of hydrogen-bond acceptors (Lipinski definition) is 5. The molecule has 0 saturated carbocycles. The minimum atomic E-state index is 0.359. The summed E-state index contributed by atoms with van der Waals surface area (Å²) in [4.78, 5) is 8.66. The summed E-state index contributed by atoms with van der Waals surface area (Å²) in [6.45, 7) is 4.05. The maximum atomic E-state index is 5.38. The lowest BCUT2D eigenvalue weighted by Gasteiger charge is -2.01. The van der Waals surface area contributed by atoms with Crippen LogP contribution in [-0.2, 0) is 6.42 Å². The second-order valence-electron chi connectivity index (χ2n) is 4.53. The molecule has 2 aromatic rings. The molecule has 0 aliphatic carbocycles. The molecule has 1 aliphatic heterocycles. The van der Waals surface area contributed by atoms with Crippen LogP contribution in [0.25, 0.3) is 11.4 Å². The highest BCUT2D eigenvalue weighted by Crippen LogP contribution is 2.25. The Bertz CT molecular complexity index is 531. The zero-order valence-corrected chi connectivity index (χ0v) is 10.4. The van der Waals surface area contributed by atoms with Gasteiger partial charge in [0.2, 0.25) is 11.7 Å². The van der Waals surface area contributed by atoms with Crippen LogP contribution >= 0.6 is 0 Å². The van der Waals surface area contributed by atoms with E-state index in [1.54, 1.807) is 6.20 Å². The Kier molecular flexibility index (Phi) is 3.06. The predicted molar refractivity (Wildman–Crippen MR) is 67.1 cm³/mol. The van der Waals surface area contributed by atoms with E-state index in [9.17, 15) is 0 Å². The molecule has 2 aromatic heterocycles. The molecule has 3 rings (SSSR count). The molecule has 5 nitrogen and oxygen atoms in total. The van der Waals surface area contributed by atoms with Crippen LogP contribution in [0.2, 0.25) is 0 Å². The summed E-state index contributed by atoms with van der Waals surface area (Å²) in [5, 5.41) is 7.40. The Morgan fingerprint density at radius 2 is 2.44 bits per heavy atom. The van der Waals surface area contributed by atoms with Crippen LogP contribution in [0.5, 0.6) is 0 Å². The van der Waals surface area contributed by atoms with E-state index >= 15 is 0 Å². The van der Waals surface area contributed by atoms with E-state index in [1.807, 2.05) is 12.3 Å². The standard InChI is InChI=1S/C13H16N4O/c1-2-9-7-15-6-4-11(9)12-16-13(18-17-12)10-3-5-14-8-10/h4,6-7,10,14H,2-3,5,8H2,1H3. The maximum absolute atomic E-state index is 5.38. The monoisotopic (exact) mass is 244 g/mol. The van der Waals surface area contributed by atoms with Crippen LogP contribution in [0.3, 0.4) is 0 Å². The van der Waals surface area contributed by atoms with Crippen LogP contribution in [0, 0.1) is 0 Å². The van der Waals surface area contributed by atoms with Crippen molar-refractivity contribution in [3.63, 3.8) is 0 Å². The SMILES string of the molecule is CCc1cnccc1-c1noc(C2CCNC2)n1. The van der Waals surface area contributed by atoms with Gasteiger partial charge in [0.1, 0.15) is 0 Å². The maximum Gasteiger partial charge on any atom is 0.231 e. The Labute approximate surface area is 106 Å². The number of nitrogens with one attached hydrogen (secondary N) is 1. The Morgan fingerprint density at radius 1 is 1.50 bits per heavy atom. The van der Waals surface area contributed by atoms with Gasteiger partial charge in [-0.05, 0) is 31.0 Å². The van der Waals surface area contributed by atoms with E-state index in [-0.39, 0.29) is 0 Å². The van der Waals surface area contributed by atoms with Crippen LogP contribution in [0.4, 0.5) is 0 Å². The lowest BCUT2D eigenvalue weighted by Crippen LogP contribution is -2.08. The fourth-order valence-electron chi connectivity index (χ4n) is 2.30. The van der Waals surface area contributed by atoms with Gasteiger partial charge >= 0.3 is 0 Å². The van der Waals surface area contributed by atoms with Crippen LogP contribution in [0.15, 0.2) is 23.0 Å². The number of hydrogen-bond donors (Lipinski definition) is 1. The first kappa shape index (κ1) is 11.3. The topological polar surface area (TPSA) is 63.8 Å². The molecule has 0 aromatic carbocycles. The molecule has 1 unspecified atom stereocenters. The van der Waals surface area contributed by atoms with Crippen molar-refractivity contribution >= 4 is 0 Å². The first-order chi connectivity index (χ1) is 8.88. The highest BCUT2D eigenvalue weighted by molar-refractivity contribution is 5.58. The van der Waals surface area contributed by atoms with Gasteiger partial charge in [-0.15, -0.1) is 0 Å². The lowest BCUT2D eigenvalue weighted by atomic mass is 10.1. The number of aryl methyl sites for hydroxylation is 1. The van der Waals surface area contributed by atoms with Crippen LogP contribution in [0.1, 0.15) is 30.7 Å². The van der Waals surface area contributed by atoms with Gasteiger partial charge in [-0.25, -0.2) is 0 Å². The number of rotatable bonds is 3. The molecule has 1 aliphatic rings. The van der Waals surface area contributed by atoms with Crippen molar-refractivity contribution in [2.75, 3.05) is 13.1 Å². The average Bonchev–Trinajstić information content (AvgIpc) is 3.09. The van der Waals surface area contributed by atoms with E-state index in [0.717, 1.165) is 42.9 Å². The lowest BCUT2D eigenvalue weighted by molar-refractivity contribution is 0.359. The van der Waals surface area contributed by atoms with Crippen molar-refractivity contribution in [2.45, 2.75) is 25.7 Å². The third-order valence-electron chi connectivity index (χ3n) is 3.38. The summed E-state index contributed by atoms with van der Waals surface area (Å²) in [5.41, 5.74) is 2.17. The average molecular weight is 244 g/mol. The zero-order valence-electron chi connectivity index (χ0n) is 10.4. The summed E-state index contributed by atoms with van der Waals surface area (Å²) < 4.78 is 5.38. The van der Waals surface area contributed by atoms with E-state index in [1.165, 1.54) is 0 Å². The minimum absolute atomic E-state index is 0.359. The summed E-state index contributed by atoms with van der Waals surface area (Å²) in [6, 6.07) is 1.94. The van der Waals surface area contributed by atoms with Gasteiger partial charge in [0.05, 0.1) is 5.92 Å². The smallest absolute Gasteiger partial charge is 0.231 e. The van der Waals surface area contributed by atoms with Crippen molar-refractivity contribution in [1.29, 1.82) is 0 Å². The van der Waals surface area contributed by atoms with Crippen molar-refractivity contribution in [3.8, 4) is 11.4 Å². The van der Waals surface area contributed by atoms with Crippen molar-refractivity contribution < 1.29 is 4.52 Å². The van der Waals surface area contributed by atoms with Gasteiger partial charge in [-0.1, -0.05) is 12.1 Å². The molecule has 0 amide bonds. The summed E-state index contributed by atoms with van der Waals surface area (Å²) in [7, 11) is 0. The molecule has 0 spiro atoms. The second-order valence-corrected chi connectivity index (χ2v) is 4.53. The Hall–Kier alpha value is -1.75. The molecule has 0 bridgehead atoms. The van der Waals surface area contributed by atoms with E-state index in [2.05, 4.69) is 27.4 Å². The summed E-state index contributed by atoms with van der Waals surface area (Å²) in [5.74, 6) is 1.78. The number of nitrogens with zero attached hydrogens (tertiary/aromatic N) is 3. The Morgan fingerprint density at radius 3 is 3.22 bits per heavy atom. The second kappa shape index (κ2) is 4.86. The first-order valence-corrected chi connectivity index (χ1v) is 6.36. The molecule has 18 heavy (non-hydrogen) atoms. The number of pyridine rings is 1. The molecule has 0 radical (unpaired) electrons. The molecular formula is C13H16N4O. The molecule has 94 valence electrons. The van der Waals surface area contributed by atoms with Gasteiger partial charge in [0.15, 0.2) is 0 Å². The van der Waals surface area contributed by atoms with Gasteiger partial charge < -0.3 is 9.84 Å². The van der Waals surface area contributed by atoms with E-state index < -0.39 is 0 Å². The van der Waals surface area contributed by atoms with Crippen molar-refractivity contribution in [1.82, 2.24) is 20.4 Å². The molecule has 1 fully saturated rings. The molecule has 5 heteroatoms. The molecule has 1 atom stereocenters. The summed E-state index contributed by atoms with van der Waals surface area (Å²) in [6.07, 6.45) is 5.61. The Balaban J connectivity index is 1.92. The third kappa shape index (κ3) is 2.01. The van der Waals surface area contributed by atoms with Crippen LogP contribution < -0.4 is 5.32 Å². The van der Waals surface area contributed by atoms with Gasteiger partial charge in [-0.2, -0.15) is 4.98 Å². The highest BCUT2D eigenvalue weighted by Gasteiger charge is 2.23. The van der Waals surface area contributed by atoms with Gasteiger partial charge in [0.25, 0.3) is 0 Å². The van der Waals surface area contributed by atoms with E-state index in [4.69, 9.17) is 4.52 Å². The fourth-order valence-corrected chi connectivity index (χ4v) is 2.30. The predicted octanol–water partition coefficient (Wildman–Crippen LogP) is 1.77. The van der Waals surface area contributed by atoms with Crippen LogP contribution in [-0.4, -0.2) is 28.2 Å². The largest absolute Gasteiger partial charge is 0.339 e. The van der Waals surface area contributed by atoms with Gasteiger partial charge in [0, 0.05) is 24.5 Å². The minimum Gasteiger partial charge on any atom is -0.339 e. The van der Waals surface area contributed by atoms with Gasteiger partial charge in [-0.3, -0.25) is 4.98 Å². The highest BCUT2D eigenvalue weighted by atomic mass is 16.5. The molecule has 1 saturated heterocycles. The third-order valence-corrected chi connectivity index (χ3v) is 3.38. The summed E-state index contributed by atoms with van der Waals surface area (Å²) >= 11 is 0. The van der Waals surface area contributed by atoms with Crippen molar-refractivity contribution in [2.24, 2.45) is 0 Å². The zero-order chi connectivity index (χ0) is 12.4. The quantitative estimate of drug-likeness (QED) is 0.891. The fraction of sp³-hybridized carbons (Fsp3) is 0.462.